The number of aromatic nitrogens is 2. The number of rotatable bonds is 4. The van der Waals surface area contributed by atoms with E-state index in [1.165, 1.54) is 0 Å². The molecule has 1 aromatic heterocycles. The van der Waals surface area contributed by atoms with Crippen LogP contribution in [0.4, 0.5) is 5.69 Å². The standard InChI is InChI=1S/C11H13N5O2/c1-7-14-10(18-16-7)6-13-11(17)8-2-4-9(15-12)5-3-8/h2-5,15H,6,12H2,1H3,(H,13,17). The molecular weight excluding hydrogens is 234 g/mol. The van der Waals surface area contributed by atoms with Gasteiger partial charge in [0.15, 0.2) is 5.82 Å². The Morgan fingerprint density at radius 2 is 2.11 bits per heavy atom. The zero-order valence-electron chi connectivity index (χ0n) is 9.80. The number of nitrogens with one attached hydrogen (secondary N) is 2. The van der Waals surface area contributed by atoms with Crippen LogP contribution in [-0.4, -0.2) is 16.0 Å². The highest BCUT2D eigenvalue weighted by Gasteiger charge is 2.07. The van der Waals surface area contributed by atoms with Gasteiger partial charge in [0.25, 0.3) is 5.91 Å². The van der Waals surface area contributed by atoms with E-state index in [-0.39, 0.29) is 12.5 Å². The normalized spacial score (nSPS) is 10.1. The molecule has 0 spiro atoms. The minimum atomic E-state index is -0.213. The highest BCUT2D eigenvalue weighted by Crippen LogP contribution is 2.08. The Morgan fingerprint density at radius 1 is 1.39 bits per heavy atom. The van der Waals surface area contributed by atoms with E-state index >= 15 is 0 Å². The minimum Gasteiger partial charge on any atom is -0.343 e. The molecule has 94 valence electrons. The number of nitrogens with two attached hydrogens (primary N) is 1. The van der Waals surface area contributed by atoms with Crippen molar-refractivity contribution < 1.29 is 9.32 Å². The van der Waals surface area contributed by atoms with Crippen LogP contribution >= 0.6 is 0 Å². The first-order valence-corrected chi connectivity index (χ1v) is 5.33. The van der Waals surface area contributed by atoms with E-state index in [1.54, 1.807) is 31.2 Å². The van der Waals surface area contributed by atoms with Gasteiger partial charge in [-0.15, -0.1) is 0 Å². The smallest absolute Gasteiger partial charge is 0.251 e. The number of hydrogen-bond donors (Lipinski definition) is 3. The fraction of sp³-hybridized carbons (Fsp3) is 0.182. The lowest BCUT2D eigenvalue weighted by molar-refractivity contribution is 0.0946. The number of hydrazine groups is 1. The fourth-order valence-electron chi connectivity index (χ4n) is 1.39. The van der Waals surface area contributed by atoms with Crippen molar-refractivity contribution >= 4 is 11.6 Å². The van der Waals surface area contributed by atoms with Crippen LogP contribution in [0.25, 0.3) is 0 Å². The van der Waals surface area contributed by atoms with Gasteiger partial charge in [0, 0.05) is 11.3 Å². The van der Waals surface area contributed by atoms with Crippen molar-refractivity contribution in [3.05, 3.63) is 41.5 Å². The third-order valence-electron chi connectivity index (χ3n) is 2.28. The first kappa shape index (κ1) is 12.1. The van der Waals surface area contributed by atoms with Crippen LogP contribution in [0, 0.1) is 6.92 Å². The van der Waals surface area contributed by atoms with Crippen molar-refractivity contribution in [2.75, 3.05) is 5.43 Å². The second-order valence-electron chi connectivity index (χ2n) is 3.64. The molecule has 0 atom stereocenters. The number of nitrogen functional groups attached to an aromatic ring is 1. The third-order valence-corrected chi connectivity index (χ3v) is 2.28. The summed E-state index contributed by atoms with van der Waals surface area (Å²) in [6.07, 6.45) is 0. The molecule has 4 N–H and O–H groups in total. The summed E-state index contributed by atoms with van der Waals surface area (Å²) in [5.74, 6) is 5.94. The summed E-state index contributed by atoms with van der Waals surface area (Å²) in [6, 6.07) is 6.77. The van der Waals surface area contributed by atoms with Crippen molar-refractivity contribution in [2.45, 2.75) is 13.5 Å². The zero-order valence-corrected chi connectivity index (χ0v) is 9.80. The number of amides is 1. The number of anilines is 1. The Morgan fingerprint density at radius 3 is 2.67 bits per heavy atom. The molecule has 1 heterocycles. The molecule has 0 aliphatic rings. The van der Waals surface area contributed by atoms with Gasteiger partial charge >= 0.3 is 0 Å². The fourth-order valence-corrected chi connectivity index (χ4v) is 1.39. The third kappa shape index (κ3) is 2.83. The molecular formula is C11H13N5O2. The molecule has 0 unspecified atom stereocenters. The maximum absolute atomic E-state index is 11.8. The van der Waals surface area contributed by atoms with E-state index in [9.17, 15) is 4.79 Å². The number of carbonyl (C=O) groups excluding carboxylic acids is 1. The number of hydrogen-bond acceptors (Lipinski definition) is 6. The Hall–Kier alpha value is -2.41. The highest BCUT2D eigenvalue weighted by molar-refractivity contribution is 5.94. The molecule has 1 amide bonds. The number of carbonyl (C=O) groups is 1. The van der Waals surface area contributed by atoms with Crippen LogP contribution in [0.2, 0.25) is 0 Å². The Kier molecular flexibility index (Phi) is 3.54. The molecule has 0 aliphatic heterocycles. The molecule has 0 saturated heterocycles. The van der Waals surface area contributed by atoms with Crippen molar-refractivity contribution in [3.63, 3.8) is 0 Å². The van der Waals surface area contributed by atoms with Crippen LogP contribution in [0.15, 0.2) is 28.8 Å². The molecule has 0 radical (unpaired) electrons. The van der Waals surface area contributed by atoms with Gasteiger partial charge < -0.3 is 15.3 Å². The Labute approximate surface area is 103 Å². The molecule has 18 heavy (non-hydrogen) atoms. The zero-order chi connectivity index (χ0) is 13.0. The second kappa shape index (κ2) is 5.28. The van der Waals surface area contributed by atoms with Crippen LogP contribution in [0.1, 0.15) is 22.1 Å². The molecule has 7 nitrogen and oxygen atoms in total. The average molecular weight is 247 g/mol. The van der Waals surface area contributed by atoms with Crippen LogP contribution in [0.5, 0.6) is 0 Å². The number of nitrogens with zero attached hydrogens (tertiary/aromatic N) is 2. The lowest BCUT2D eigenvalue weighted by Crippen LogP contribution is -2.23. The molecule has 2 aromatic rings. The molecule has 0 aliphatic carbocycles. The van der Waals surface area contributed by atoms with Crippen LogP contribution in [-0.2, 0) is 6.54 Å². The first-order chi connectivity index (χ1) is 8.69. The van der Waals surface area contributed by atoms with Crippen molar-refractivity contribution in [3.8, 4) is 0 Å². The summed E-state index contributed by atoms with van der Waals surface area (Å²) in [4.78, 5) is 15.8. The van der Waals surface area contributed by atoms with Crippen molar-refractivity contribution in [2.24, 2.45) is 5.84 Å². The monoisotopic (exact) mass is 247 g/mol. The Balaban J connectivity index is 1.94. The largest absolute Gasteiger partial charge is 0.343 e. The SMILES string of the molecule is Cc1noc(CNC(=O)c2ccc(NN)cc2)n1. The van der Waals surface area contributed by atoms with E-state index in [1.807, 2.05) is 0 Å². The highest BCUT2D eigenvalue weighted by atomic mass is 16.5. The molecule has 0 bridgehead atoms. The summed E-state index contributed by atoms with van der Waals surface area (Å²) >= 11 is 0. The topological polar surface area (TPSA) is 106 Å². The summed E-state index contributed by atoms with van der Waals surface area (Å²) in [6.45, 7) is 1.92. The van der Waals surface area contributed by atoms with E-state index < -0.39 is 0 Å². The van der Waals surface area contributed by atoms with E-state index in [2.05, 4.69) is 20.9 Å². The van der Waals surface area contributed by atoms with E-state index in [4.69, 9.17) is 10.4 Å². The molecule has 0 saturated carbocycles. The van der Waals surface area contributed by atoms with Gasteiger partial charge in [0.05, 0.1) is 6.54 Å². The number of aryl methyl sites for hydroxylation is 1. The van der Waals surface area contributed by atoms with Gasteiger partial charge in [-0.3, -0.25) is 10.6 Å². The van der Waals surface area contributed by atoms with Crippen molar-refractivity contribution in [1.29, 1.82) is 0 Å². The Bertz CT molecular complexity index is 535. The summed E-state index contributed by atoms with van der Waals surface area (Å²) in [5, 5.41) is 6.31. The van der Waals surface area contributed by atoms with Crippen LogP contribution < -0.4 is 16.6 Å². The van der Waals surface area contributed by atoms with Gasteiger partial charge in [-0.25, -0.2) is 0 Å². The van der Waals surface area contributed by atoms with Crippen molar-refractivity contribution in [1.82, 2.24) is 15.5 Å². The lowest BCUT2D eigenvalue weighted by Gasteiger charge is -2.03. The maximum atomic E-state index is 11.8. The maximum Gasteiger partial charge on any atom is 0.251 e. The average Bonchev–Trinajstić information content (AvgIpc) is 2.82. The summed E-state index contributed by atoms with van der Waals surface area (Å²) < 4.78 is 4.88. The van der Waals surface area contributed by atoms with Gasteiger partial charge in [-0.1, -0.05) is 5.16 Å². The molecule has 0 fully saturated rings. The van der Waals surface area contributed by atoms with Gasteiger partial charge in [0.2, 0.25) is 5.89 Å². The van der Waals surface area contributed by atoms with Gasteiger partial charge in [-0.2, -0.15) is 4.98 Å². The van der Waals surface area contributed by atoms with Crippen LogP contribution in [0.3, 0.4) is 0 Å². The number of benzene rings is 1. The predicted octanol–water partition coefficient (Wildman–Crippen LogP) is 0.594. The molecule has 2 rings (SSSR count). The minimum absolute atomic E-state index is 0.205. The predicted molar refractivity (Wildman–Crippen MR) is 64.5 cm³/mol. The lowest BCUT2D eigenvalue weighted by atomic mass is 10.2. The van der Waals surface area contributed by atoms with Gasteiger partial charge in [0.1, 0.15) is 0 Å². The summed E-state index contributed by atoms with van der Waals surface area (Å²) in [7, 11) is 0. The second-order valence-corrected chi connectivity index (χ2v) is 3.64. The van der Waals surface area contributed by atoms with E-state index in [0.717, 1.165) is 5.69 Å². The molecule has 7 heteroatoms. The molecule has 1 aromatic carbocycles. The first-order valence-electron chi connectivity index (χ1n) is 5.33. The van der Waals surface area contributed by atoms with Gasteiger partial charge in [-0.05, 0) is 31.2 Å². The summed E-state index contributed by atoms with van der Waals surface area (Å²) in [5.41, 5.74) is 3.76. The quantitative estimate of drug-likeness (QED) is 0.539. The van der Waals surface area contributed by atoms with E-state index in [0.29, 0.717) is 17.3 Å².